The van der Waals surface area contributed by atoms with Gasteiger partial charge in [-0.15, -0.1) is 0 Å². The molecule has 0 spiro atoms. The van der Waals surface area contributed by atoms with Crippen LogP contribution in [-0.4, -0.2) is 27.0 Å². The monoisotopic (exact) mass is 285 g/mol. The zero-order valence-electron chi connectivity index (χ0n) is 9.33. The average Bonchev–Trinajstić information content (AvgIpc) is 2.58. The van der Waals surface area contributed by atoms with Gasteiger partial charge in [0.2, 0.25) is 0 Å². The molecule has 102 valence electrons. The number of carboxylic acid groups (broad SMARTS) is 1. The summed E-state index contributed by atoms with van der Waals surface area (Å²) < 4.78 is 39.6. The van der Waals surface area contributed by atoms with E-state index in [0.717, 1.165) is 10.9 Å². The van der Waals surface area contributed by atoms with Crippen LogP contribution in [0, 0.1) is 0 Å². The Morgan fingerprint density at radius 1 is 1.61 bits per heavy atom. The number of hydrogen-bond acceptors (Lipinski definition) is 3. The summed E-state index contributed by atoms with van der Waals surface area (Å²) in [5, 5.41) is 12.0. The maximum atomic E-state index is 12.9. The van der Waals surface area contributed by atoms with E-state index in [1.807, 2.05) is 0 Å². The number of alkyl halides is 3. The van der Waals surface area contributed by atoms with Gasteiger partial charge in [-0.25, -0.2) is 4.79 Å². The van der Waals surface area contributed by atoms with Gasteiger partial charge in [-0.3, -0.25) is 4.68 Å². The number of rotatable bonds is 4. The van der Waals surface area contributed by atoms with Crippen molar-refractivity contribution in [2.24, 2.45) is 5.73 Å². The third kappa shape index (κ3) is 2.17. The van der Waals surface area contributed by atoms with E-state index in [9.17, 15) is 18.0 Å². The Morgan fingerprint density at radius 3 is 2.56 bits per heavy atom. The highest BCUT2D eigenvalue weighted by Crippen LogP contribution is 2.40. The van der Waals surface area contributed by atoms with Gasteiger partial charge in [0, 0.05) is 6.54 Å². The Bertz CT molecular complexity index is 460. The standard InChI is InChI=1S/C9H11ClF3N3O2/c1-2-3-16-6(5(10)4-15-16)8(14,7(17)18)9(11,12)13/h4H,2-3,14H2,1H3,(H,17,18). The van der Waals surface area contributed by atoms with E-state index < -0.39 is 28.4 Å². The first-order valence-electron chi connectivity index (χ1n) is 4.97. The molecule has 3 N–H and O–H groups in total. The number of aryl methyl sites for hydroxylation is 1. The molecule has 0 saturated heterocycles. The molecule has 1 aromatic rings. The number of carboxylic acids is 1. The minimum atomic E-state index is -5.19. The molecule has 1 rings (SSSR count). The molecule has 0 fully saturated rings. The minimum Gasteiger partial charge on any atom is -0.479 e. The van der Waals surface area contributed by atoms with Gasteiger partial charge in [0.15, 0.2) is 0 Å². The molecule has 0 aliphatic rings. The zero-order chi connectivity index (χ0) is 14.1. The van der Waals surface area contributed by atoms with Crippen molar-refractivity contribution in [2.75, 3.05) is 0 Å². The lowest BCUT2D eigenvalue weighted by Gasteiger charge is -2.28. The molecule has 1 unspecified atom stereocenters. The third-order valence-corrected chi connectivity index (χ3v) is 2.66. The minimum absolute atomic E-state index is 0.0877. The van der Waals surface area contributed by atoms with Gasteiger partial charge >= 0.3 is 12.1 Å². The van der Waals surface area contributed by atoms with Crippen molar-refractivity contribution in [3.05, 3.63) is 16.9 Å². The summed E-state index contributed by atoms with van der Waals surface area (Å²) in [6, 6.07) is 0. The van der Waals surface area contributed by atoms with E-state index in [1.54, 1.807) is 6.92 Å². The maximum absolute atomic E-state index is 12.9. The molecule has 9 heteroatoms. The molecular weight excluding hydrogens is 275 g/mol. The van der Waals surface area contributed by atoms with Crippen molar-refractivity contribution in [1.82, 2.24) is 9.78 Å². The first-order valence-corrected chi connectivity index (χ1v) is 5.34. The summed E-state index contributed by atoms with van der Waals surface area (Å²) in [5.74, 6) is -2.23. The SMILES string of the molecule is CCCn1ncc(Cl)c1C(N)(C(=O)O)C(F)(F)F. The van der Waals surface area contributed by atoms with Crippen LogP contribution in [-0.2, 0) is 16.9 Å². The number of carbonyl (C=O) groups is 1. The Labute approximate surface area is 105 Å². The lowest BCUT2D eigenvalue weighted by atomic mass is 9.95. The van der Waals surface area contributed by atoms with Crippen LogP contribution in [0.25, 0.3) is 0 Å². The summed E-state index contributed by atoms with van der Waals surface area (Å²) in [5.41, 5.74) is 0.714. The predicted molar refractivity (Wildman–Crippen MR) is 57.1 cm³/mol. The van der Waals surface area contributed by atoms with Crippen LogP contribution in [0.3, 0.4) is 0 Å². The van der Waals surface area contributed by atoms with Crippen LogP contribution in [0.2, 0.25) is 5.02 Å². The number of aromatic nitrogens is 2. The van der Waals surface area contributed by atoms with Crippen LogP contribution in [0.1, 0.15) is 19.0 Å². The van der Waals surface area contributed by atoms with E-state index in [4.69, 9.17) is 22.4 Å². The van der Waals surface area contributed by atoms with Crippen LogP contribution in [0.15, 0.2) is 6.20 Å². The summed E-state index contributed by atoms with van der Waals surface area (Å²) >= 11 is 5.59. The number of nitrogens with zero attached hydrogens (tertiary/aromatic N) is 2. The summed E-state index contributed by atoms with van der Waals surface area (Å²) in [7, 11) is 0. The lowest BCUT2D eigenvalue weighted by molar-refractivity contribution is -0.206. The van der Waals surface area contributed by atoms with E-state index in [2.05, 4.69) is 5.10 Å². The molecule has 1 aromatic heterocycles. The molecule has 0 bridgehead atoms. The maximum Gasteiger partial charge on any atom is 0.423 e. The predicted octanol–water partition coefficient (Wildman–Crippen LogP) is 1.75. The number of hydrogen-bond donors (Lipinski definition) is 2. The molecule has 0 aliphatic heterocycles. The molecule has 0 aromatic carbocycles. The van der Waals surface area contributed by atoms with Gasteiger partial charge in [0.25, 0.3) is 5.54 Å². The van der Waals surface area contributed by atoms with Crippen molar-refractivity contribution in [3.63, 3.8) is 0 Å². The molecule has 1 atom stereocenters. The second-order valence-electron chi connectivity index (χ2n) is 3.68. The van der Waals surface area contributed by atoms with Crippen molar-refractivity contribution in [1.29, 1.82) is 0 Å². The molecule has 0 saturated carbocycles. The molecule has 1 heterocycles. The van der Waals surface area contributed by atoms with Crippen LogP contribution in [0.4, 0.5) is 13.2 Å². The summed E-state index contributed by atoms with van der Waals surface area (Å²) in [6.45, 7) is 1.79. The fraction of sp³-hybridized carbons (Fsp3) is 0.556. The van der Waals surface area contributed by atoms with E-state index >= 15 is 0 Å². The normalized spacial score (nSPS) is 15.4. The Morgan fingerprint density at radius 2 is 2.17 bits per heavy atom. The van der Waals surface area contributed by atoms with E-state index in [-0.39, 0.29) is 6.54 Å². The van der Waals surface area contributed by atoms with E-state index in [0.29, 0.717) is 6.42 Å². The topological polar surface area (TPSA) is 81.1 Å². The van der Waals surface area contributed by atoms with Gasteiger partial charge in [0.1, 0.15) is 0 Å². The largest absolute Gasteiger partial charge is 0.479 e. The van der Waals surface area contributed by atoms with E-state index in [1.165, 1.54) is 0 Å². The van der Waals surface area contributed by atoms with Crippen LogP contribution >= 0.6 is 11.6 Å². The van der Waals surface area contributed by atoms with Crippen LogP contribution < -0.4 is 5.73 Å². The first kappa shape index (κ1) is 14.8. The Balaban J connectivity index is 3.49. The van der Waals surface area contributed by atoms with Crippen LogP contribution in [0.5, 0.6) is 0 Å². The highest BCUT2D eigenvalue weighted by molar-refractivity contribution is 6.31. The zero-order valence-corrected chi connectivity index (χ0v) is 10.1. The van der Waals surface area contributed by atoms with Gasteiger partial charge < -0.3 is 10.8 Å². The Hall–Kier alpha value is -1.28. The summed E-state index contributed by atoms with van der Waals surface area (Å²) in [6.07, 6.45) is -3.78. The third-order valence-electron chi connectivity index (χ3n) is 2.39. The lowest BCUT2D eigenvalue weighted by Crippen LogP contribution is -2.57. The van der Waals surface area contributed by atoms with Crippen molar-refractivity contribution >= 4 is 17.6 Å². The molecule has 5 nitrogen and oxygen atoms in total. The van der Waals surface area contributed by atoms with Crippen molar-refractivity contribution in [3.8, 4) is 0 Å². The fourth-order valence-electron chi connectivity index (χ4n) is 1.49. The first-order chi connectivity index (χ1) is 8.16. The second kappa shape index (κ2) is 4.77. The van der Waals surface area contributed by atoms with Gasteiger partial charge in [-0.1, -0.05) is 18.5 Å². The number of nitrogens with two attached hydrogens (primary N) is 1. The molecule has 0 aliphatic carbocycles. The van der Waals surface area contributed by atoms with Gasteiger partial charge in [-0.2, -0.15) is 18.3 Å². The fourth-order valence-corrected chi connectivity index (χ4v) is 1.78. The Kier molecular flexibility index (Phi) is 3.92. The smallest absolute Gasteiger partial charge is 0.423 e. The highest BCUT2D eigenvalue weighted by atomic mass is 35.5. The molecule has 0 radical (unpaired) electrons. The molecule has 0 amide bonds. The number of aliphatic carboxylic acids is 1. The molecule has 18 heavy (non-hydrogen) atoms. The van der Waals surface area contributed by atoms with Crippen molar-refractivity contribution < 1.29 is 23.1 Å². The molecular formula is C9H11ClF3N3O2. The van der Waals surface area contributed by atoms with Gasteiger partial charge in [-0.05, 0) is 6.42 Å². The quantitative estimate of drug-likeness (QED) is 0.883. The summed E-state index contributed by atoms with van der Waals surface area (Å²) in [4.78, 5) is 10.9. The highest BCUT2D eigenvalue weighted by Gasteiger charge is 2.62. The van der Waals surface area contributed by atoms with Gasteiger partial charge in [0.05, 0.1) is 16.9 Å². The van der Waals surface area contributed by atoms with Crippen molar-refractivity contribution in [2.45, 2.75) is 31.6 Å². The number of halogens is 4. The average molecular weight is 286 g/mol. The second-order valence-corrected chi connectivity index (χ2v) is 4.08.